The molecule has 3 saturated heterocycles. The van der Waals surface area contributed by atoms with Crippen molar-refractivity contribution in [2.24, 2.45) is 35.0 Å². The summed E-state index contributed by atoms with van der Waals surface area (Å²) in [5.74, 6) is 2.45. The molecule has 9 unspecified atom stereocenters. The van der Waals surface area contributed by atoms with Gasteiger partial charge in [0.1, 0.15) is 34.6 Å². The van der Waals surface area contributed by atoms with Gasteiger partial charge in [0.25, 0.3) is 0 Å². The fourth-order valence-corrected chi connectivity index (χ4v) is 11.9. The van der Waals surface area contributed by atoms with Gasteiger partial charge >= 0.3 is 12.2 Å². The van der Waals surface area contributed by atoms with E-state index in [4.69, 9.17) is 40.5 Å². The first-order valence-electron chi connectivity index (χ1n) is 23.3. The van der Waals surface area contributed by atoms with E-state index in [9.17, 15) is 19.2 Å². The van der Waals surface area contributed by atoms with Gasteiger partial charge in [-0.3, -0.25) is 9.59 Å². The number of methoxy groups -OCH3 is 2. The van der Waals surface area contributed by atoms with Gasteiger partial charge in [-0.05, 0) is 120 Å². The van der Waals surface area contributed by atoms with Crippen LogP contribution in [0.4, 0.5) is 9.59 Å². The van der Waals surface area contributed by atoms with E-state index >= 15 is 0 Å². The number of carbonyl (C=O) groups is 4. The largest absolute Gasteiger partial charge is 0.453 e. The Morgan fingerprint density at radius 2 is 1.42 bits per heavy atom. The van der Waals surface area contributed by atoms with Crippen LogP contribution in [0.3, 0.4) is 0 Å². The summed E-state index contributed by atoms with van der Waals surface area (Å²) in [4.78, 5) is 71.0. The maximum absolute atomic E-state index is 14.3. The number of benzene rings is 3. The van der Waals surface area contributed by atoms with Crippen molar-refractivity contribution in [1.82, 2.24) is 40.8 Å². The number of piperidine rings is 1. The van der Waals surface area contributed by atoms with Gasteiger partial charge < -0.3 is 49.8 Å². The summed E-state index contributed by atoms with van der Waals surface area (Å²) in [6.07, 6.45) is 4.08. The molecule has 11 rings (SSSR count). The number of fused-ring (bicyclic) bond motifs is 4. The fraction of sp³-hybridized carbons (Fsp3) is 0.510. The van der Waals surface area contributed by atoms with E-state index in [0.717, 1.165) is 63.6 Å². The zero-order valence-corrected chi connectivity index (χ0v) is 38.0. The molecule has 9 atom stereocenters. The minimum Gasteiger partial charge on any atom is -0.453 e. The quantitative estimate of drug-likeness (QED) is 0.0899. The van der Waals surface area contributed by atoms with Crippen LogP contribution in [0, 0.1) is 35.0 Å². The Morgan fingerprint density at radius 1 is 0.818 bits per heavy atom. The molecule has 6 fully saturated rings. The molecule has 3 aromatic carbocycles. The van der Waals surface area contributed by atoms with Crippen molar-refractivity contribution < 1.29 is 38.1 Å². The van der Waals surface area contributed by atoms with Gasteiger partial charge in [0.15, 0.2) is 0 Å². The van der Waals surface area contributed by atoms with E-state index in [2.05, 4.69) is 81.4 Å². The number of aromatic nitrogens is 4. The smallest absolute Gasteiger partial charge is 0.407 e. The average Bonchev–Trinajstić information content (AvgIpc) is 4.18. The highest BCUT2D eigenvalue weighted by atomic mass is 35.5. The standard InChI is InChI=1S/C49H55ClN8O8/c1-49-32(38(49)42(49)56-45(59)40(54-47(61)63-2)24-10-14-65-15-11-24)23-37-51-33-9-8-29(20-34(33)52-37)27-4-5-28-19-30(7-6-26(28)18-27)39-43(50)57-44(53-39)36-22-31-21-35(31)58(36)46(60)41(55-48(62)64-3)25-12-16-66-17-13-25/h4-9,18-20,24-25,31-32,35-36,38,40-42H,10-17,21-23H2,1-3H3,(H,51,52)(H,53,57)(H,54,61)(H,55,62)(H,56,59). The van der Waals surface area contributed by atoms with Crippen LogP contribution in [0.5, 0.6) is 0 Å². The molecule has 346 valence electrons. The maximum Gasteiger partial charge on any atom is 0.407 e. The first kappa shape index (κ1) is 42.9. The number of halogens is 1. The Morgan fingerprint density at radius 3 is 2.11 bits per heavy atom. The summed E-state index contributed by atoms with van der Waals surface area (Å²) >= 11 is 6.88. The number of nitrogens with zero attached hydrogens (tertiary/aromatic N) is 3. The Kier molecular flexibility index (Phi) is 11.0. The molecule has 66 heavy (non-hydrogen) atoms. The molecule has 3 saturated carbocycles. The Balaban J connectivity index is 0.750. The molecule has 4 amide bonds. The van der Waals surface area contributed by atoms with Crippen LogP contribution < -0.4 is 16.0 Å². The second-order valence-electron chi connectivity index (χ2n) is 19.4. The zero-order valence-electron chi connectivity index (χ0n) is 37.2. The number of amides is 4. The number of likely N-dealkylation sites (tertiary alicyclic amines) is 1. The Bertz CT molecular complexity index is 2730. The monoisotopic (exact) mass is 918 g/mol. The van der Waals surface area contributed by atoms with Crippen LogP contribution in [0.15, 0.2) is 54.6 Å². The molecule has 3 aliphatic carbocycles. The summed E-state index contributed by atoms with van der Waals surface area (Å²) in [5, 5.41) is 11.4. The first-order chi connectivity index (χ1) is 32.0. The molecule has 6 aliphatic rings. The minimum atomic E-state index is -0.710. The topological polar surface area (TPSA) is 202 Å². The summed E-state index contributed by atoms with van der Waals surface area (Å²) in [7, 11) is 2.62. The molecule has 0 bridgehead atoms. The number of H-pyrrole nitrogens is 2. The second-order valence-corrected chi connectivity index (χ2v) is 19.7. The maximum atomic E-state index is 14.3. The van der Waals surface area contributed by atoms with Gasteiger partial charge in [-0.25, -0.2) is 19.6 Å². The zero-order chi connectivity index (χ0) is 45.4. The number of hydrogen-bond acceptors (Lipinski definition) is 10. The third-order valence-electron chi connectivity index (χ3n) is 15.7. The van der Waals surface area contributed by atoms with Crippen molar-refractivity contribution in [2.45, 2.75) is 82.1 Å². The lowest BCUT2D eigenvalue weighted by Crippen LogP contribution is -2.54. The van der Waals surface area contributed by atoms with E-state index in [-0.39, 0.29) is 47.2 Å². The van der Waals surface area contributed by atoms with Gasteiger partial charge in [0, 0.05) is 50.5 Å². The number of ether oxygens (including phenoxy) is 4. The van der Waals surface area contributed by atoms with Crippen LogP contribution >= 0.6 is 11.6 Å². The molecule has 5 aromatic rings. The highest BCUT2D eigenvalue weighted by Crippen LogP contribution is 2.80. The molecule has 17 heteroatoms. The van der Waals surface area contributed by atoms with Crippen LogP contribution in [0.2, 0.25) is 5.15 Å². The van der Waals surface area contributed by atoms with Crippen molar-refractivity contribution in [2.75, 3.05) is 40.6 Å². The normalized spacial score (nSPS) is 27.7. The van der Waals surface area contributed by atoms with Crippen molar-refractivity contribution in [3.63, 3.8) is 0 Å². The lowest BCUT2D eigenvalue weighted by Gasteiger charge is -2.35. The average molecular weight is 919 g/mol. The number of alkyl carbamates (subject to hydrolysis) is 2. The molecule has 0 radical (unpaired) electrons. The van der Waals surface area contributed by atoms with E-state index in [1.54, 1.807) is 0 Å². The van der Waals surface area contributed by atoms with Gasteiger partial charge in [-0.1, -0.05) is 48.9 Å². The fourth-order valence-electron chi connectivity index (χ4n) is 11.7. The highest BCUT2D eigenvalue weighted by molar-refractivity contribution is 6.32. The number of nitrogens with one attached hydrogen (secondary N) is 5. The molecular weight excluding hydrogens is 864 g/mol. The molecular formula is C49H55ClN8O8. The minimum absolute atomic E-state index is 0.00392. The van der Waals surface area contributed by atoms with Crippen molar-refractivity contribution >= 4 is 57.4 Å². The molecule has 0 spiro atoms. The van der Waals surface area contributed by atoms with Crippen molar-refractivity contribution in [1.29, 1.82) is 0 Å². The first-order valence-corrected chi connectivity index (χ1v) is 23.7. The number of carbonyl (C=O) groups excluding carboxylic acids is 4. The molecule has 16 nitrogen and oxygen atoms in total. The van der Waals surface area contributed by atoms with Crippen LogP contribution in [-0.4, -0.2) is 114 Å². The van der Waals surface area contributed by atoms with Gasteiger partial charge in [-0.2, -0.15) is 0 Å². The number of hydrogen-bond donors (Lipinski definition) is 5. The summed E-state index contributed by atoms with van der Waals surface area (Å²) in [6, 6.07) is 17.5. The predicted octanol–water partition coefficient (Wildman–Crippen LogP) is 6.68. The number of rotatable bonds is 12. The van der Waals surface area contributed by atoms with Gasteiger partial charge in [0.2, 0.25) is 11.8 Å². The van der Waals surface area contributed by atoms with E-state index in [1.807, 2.05) is 11.0 Å². The number of aromatic amines is 2. The predicted molar refractivity (Wildman–Crippen MR) is 244 cm³/mol. The molecule has 2 aromatic heterocycles. The second kappa shape index (κ2) is 16.9. The molecule has 3 aliphatic heterocycles. The lowest BCUT2D eigenvalue weighted by atomic mass is 9.90. The SMILES string of the molecule is COC(=O)NC(C(=O)NC1C2C(Cc3nc4ccc(-c5ccc6cc(-c7nc(C8CC9CC9N8C(=O)C(NC(=O)OC)C8CCOCC8)[nH]c7Cl)ccc6c5)cc4[nH]3)C12C)C1CCOCC1. The summed E-state index contributed by atoms with van der Waals surface area (Å²) in [5.41, 5.74) is 5.54. The molecule has 5 N–H and O–H groups in total. The number of imidazole rings is 2. The van der Waals surface area contributed by atoms with E-state index < -0.39 is 24.3 Å². The van der Waals surface area contributed by atoms with E-state index in [0.29, 0.717) is 86.5 Å². The third-order valence-corrected chi connectivity index (χ3v) is 16.0. The van der Waals surface area contributed by atoms with Crippen LogP contribution in [-0.2, 0) is 35.0 Å². The Labute approximate surface area is 386 Å². The third kappa shape index (κ3) is 7.73. The van der Waals surface area contributed by atoms with Crippen LogP contribution in [0.1, 0.15) is 63.1 Å². The summed E-state index contributed by atoms with van der Waals surface area (Å²) in [6.45, 7) is 4.47. The highest BCUT2D eigenvalue weighted by Gasteiger charge is 2.83. The Hall–Kier alpha value is -5.71. The molecule has 5 heterocycles. The van der Waals surface area contributed by atoms with Crippen molar-refractivity contribution in [3.05, 3.63) is 71.4 Å². The van der Waals surface area contributed by atoms with Gasteiger partial charge in [0.05, 0.1) is 31.3 Å². The van der Waals surface area contributed by atoms with Gasteiger partial charge in [-0.15, -0.1) is 0 Å². The van der Waals surface area contributed by atoms with Crippen molar-refractivity contribution in [3.8, 4) is 22.4 Å². The van der Waals surface area contributed by atoms with Crippen LogP contribution in [0.25, 0.3) is 44.2 Å². The summed E-state index contributed by atoms with van der Waals surface area (Å²) < 4.78 is 20.8. The lowest BCUT2D eigenvalue weighted by molar-refractivity contribution is -0.138. The van der Waals surface area contributed by atoms with E-state index in [1.165, 1.54) is 14.2 Å².